The summed E-state index contributed by atoms with van der Waals surface area (Å²) in [5.41, 5.74) is 0. The molecule has 6 nitrogen and oxygen atoms in total. The van der Waals surface area contributed by atoms with Crippen molar-refractivity contribution in [3.05, 3.63) is 12.2 Å². The maximum atomic E-state index is 10.8. The van der Waals surface area contributed by atoms with E-state index in [2.05, 4.69) is 10.2 Å². The van der Waals surface area contributed by atoms with E-state index in [1.807, 2.05) is 0 Å². The van der Waals surface area contributed by atoms with Crippen LogP contribution in [-0.2, 0) is 16.4 Å². The van der Waals surface area contributed by atoms with Crippen molar-refractivity contribution in [3.8, 4) is 6.07 Å². The zero-order valence-corrected chi connectivity index (χ0v) is 7.82. The van der Waals surface area contributed by atoms with Gasteiger partial charge in [-0.3, -0.25) is 0 Å². The predicted octanol–water partition coefficient (Wildman–Crippen LogP) is -0.806. The second-order valence-corrected chi connectivity index (χ2v) is 4.85. The van der Waals surface area contributed by atoms with Gasteiger partial charge in [0.1, 0.15) is 22.2 Å². The van der Waals surface area contributed by atoms with Gasteiger partial charge in [-0.2, -0.15) is 5.26 Å². The first-order chi connectivity index (χ1) is 6.03. The smallest absolute Gasteiger partial charge is 0.234 e. The molecule has 7 heteroatoms. The summed E-state index contributed by atoms with van der Waals surface area (Å²) < 4.78 is 23.0. The third-order valence-corrected chi connectivity index (χ3v) is 2.34. The second-order valence-electron chi connectivity index (χ2n) is 2.59. The van der Waals surface area contributed by atoms with Gasteiger partial charge in [0.05, 0.1) is 5.75 Å². The fourth-order valence-electron chi connectivity index (χ4n) is 0.769. The Kier molecular flexibility index (Phi) is 2.63. The zero-order valence-electron chi connectivity index (χ0n) is 7.01. The number of aromatic nitrogens is 3. The molecule has 13 heavy (non-hydrogen) atoms. The van der Waals surface area contributed by atoms with Gasteiger partial charge in [0.2, 0.25) is 5.82 Å². The molecule has 1 aromatic heterocycles. The lowest BCUT2D eigenvalue weighted by atomic mass is 10.6. The van der Waals surface area contributed by atoms with Gasteiger partial charge in [-0.15, -0.1) is 10.2 Å². The minimum absolute atomic E-state index is 0.0142. The van der Waals surface area contributed by atoms with Crippen molar-refractivity contribution < 1.29 is 8.42 Å². The number of nitrogens with zero attached hydrogens (tertiary/aromatic N) is 4. The molecule has 0 aliphatic rings. The van der Waals surface area contributed by atoms with Gasteiger partial charge < -0.3 is 4.57 Å². The molecule has 1 aromatic rings. The van der Waals surface area contributed by atoms with Gasteiger partial charge in [0, 0.05) is 12.8 Å². The Balaban J connectivity index is 2.71. The van der Waals surface area contributed by atoms with Crippen LogP contribution in [0.15, 0.2) is 6.33 Å². The van der Waals surface area contributed by atoms with E-state index in [9.17, 15) is 8.42 Å². The van der Waals surface area contributed by atoms with Crippen LogP contribution >= 0.6 is 0 Å². The molecule has 1 rings (SSSR count). The maximum Gasteiger partial charge on any atom is 0.234 e. The molecule has 0 amide bonds. The van der Waals surface area contributed by atoms with Crippen molar-refractivity contribution in [3.63, 3.8) is 0 Å². The standard InChI is InChI=1S/C6H8N4O2S/c1-13(11,12)3-2-10-5-8-9-6(10)4-7/h5H,2-3H2,1H3. The zero-order chi connectivity index (χ0) is 9.90. The molecule has 70 valence electrons. The van der Waals surface area contributed by atoms with E-state index in [-0.39, 0.29) is 18.1 Å². The van der Waals surface area contributed by atoms with Crippen LogP contribution in [0.1, 0.15) is 5.82 Å². The molecule has 0 unspecified atom stereocenters. The SMILES string of the molecule is CS(=O)(=O)CCn1cnnc1C#N. The summed E-state index contributed by atoms with van der Waals surface area (Å²) in [5.74, 6) is 0.114. The molecule has 0 fully saturated rings. The number of rotatable bonds is 3. The third kappa shape index (κ3) is 2.83. The minimum Gasteiger partial charge on any atom is -0.304 e. The van der Waals surface area contributed by atoms with Gasteiger partial charge in [-0.05, 0) is 0 Å². The normalized spacial score (nSPS) is 11.1. The van der Waals surface area contributed by atoms with Gasteiger partial charge >= 0.3 is 0 Å². The van der Waals surface area contributed by atoms with Crippen LogP contribution < -0.4 is 0 Å². The fraction of sp³-hybridized carbons (Fsp3) is 0.500. The first-order valence-electron chi connectivity index (χ1n) is 3.48. The summed E-state index contributed by atoms with van der Waals surface area (Å²) in [6, 6.07) is 1.81. The summed E-state index contributed by atoms with van der Waals surface area (Å²) >= 11 is 0. The number of hydrogen-bond acceptors (Lipinski definition) is 5. The summed E-state index contributed by atoms with van der Waals surface area (Å²) in [4.78, 5) is 0. The van der Waals surface area contributed by atoms with Crippen LogP contribution in [0, 0.1) is 11.3 Å². The monoisotopic (exact) mass is 200 g/mol. The van der Waals surface area contributed by atoms with Crippen molar-refractivity contribution in [1.82, 2.24) is 14.8 Å². The van der Waals surface area contributed by atoms with Crippen LogP contribution in [0.3, 0.4) is 0 Å². The van der Waals surface area contributed by atoms with Crippen LogP contribution in [0.4, 0.5) is 0 Å². The van der Waals surface area contributed by atoms with Crippen molar-refractivity contribution in [2.75, 3.05) is 12.0 Å². The highest BCUT2D eigenvalue weighted by atomic mass is 32.2. The van der Waals surface area contributed by atoms with Crippen molar-refractivity contribution >= 4 is 9.84 Å². The number of nitriles is 1. The summed E-state index contributed by atoms with van der Waals surface area (Å²) in [5, 5.41) is 15.5. The van der Waals surface area contributed by atoms with Crippen molar-refractivity contribution in [2.24, 2.45) is 0 Å². The Bertz CT molecular complexity index is 428. The lowest BCUT2D eigenvalue weighted by Crippen LogP contribution is -2.11. The molecule has 1 heterocycles. The van der Waals surface area contributed by atoms with Crippen molar-refractivity contribution in [1.29, 1.82) is 5.26 Å². The lowest BCUT2D eigenvalue weighted by Gasteiger charge is -1.99. The van der Waals surface area contributed by atoms with Crippen LogP contribution in [0.25, 0.3) is 0 Å². The van der Waals surface area contributed by atoms with E-state index in [0.29, 0.717) is 0 Å². The van der Waals surface area contributed by atoms with E-state index >= 15 is 0 Å². The average molecular weight is 200 g/mol. The summed E-state index contributed by atoms with van der Waals surface area (Å²) in [7, 11) is -3.01. The van der Waals surface area contributed by atoms with Gasteiger partial charge in [-0.1, -0.05) is 0 Å². The summed E-state index contributed by atoms with van der Waals surface area (Å²) in [6.45, 7) is 0.217. The second kappa shape index (κ2) is 3.53. The first-order valence-corrected chi connectivity index (χ1v) is 5.54. The molecular formula is C6H8N4O2S. The molecule has 0 aliphatic carbocycles. The third-order valence-electron chi connectivity index (χ3n) is 1.42. The summed E-state index contributed by atoms with van der Waals surface area (Å²) in [6.07, 6.45) is 2.48. The molecule has 0 atom stereocenters. The van der Waals surface area contributed by atoms with Gasteiger partial charge in [-0.25, -0.2) is 8.42 Å². The van der Waals surface area contributed by atoms with Crippen molar-refractivity contribution in [2.45, 2.75) is 6.54 Å². The number of sulfone groups is 1. The largest absolute Gasteiger partial charge is 0.304 e. The Morgan fingerprint density at radius 1 is 1.69 bits per heavy atom. The molecule has 0 aromatic carbocycles. The molecule has 0 saturated heterocycles. The van der Waals surface area contributed by atoms with E-state index in [1.165, 1.54) is 10.9 Å². The Hall–Kier alpha value is -1.42. The Morgan fingerprint density at radius 3 is 2.92 bits per heavy atom. The molecule has 0 radical (unpaired) electrons. The average Bonchev–Trinajstić information content (AvgIpc) is 2.46. The highest BCUT2D eigenvalue weighted by molar-refractivity contribution is 7.90. The Morgan fingerprint density at radius 2 is 2.38 bits per heavy atom. The molecule has 0 bridgehead atoms. The molecule has 0 saturated carbocycles. The van der Waals surface area contributed by atoms with Gasteiger partial charge in [0.15, 0.2) is 0 Å². The lowest BCUT2D eigenvalue weighted by molar-refractivity contribution is 0.594. The highest BCUT2D eigenvalue weighted by Gasteiger charge is 2.06. The fourth-order valence-corrected chi connectivity index (χ4v) is 1.30. The van der Waals surface area contributed by atoms with E-state index in [1.54, 1.807) is 6.07 Å². The molecular weight excluding hydrogens is 192 g/mol. The quantitative estimate of drug-likeness (QED) is 0.637. The van der Waals surface area contributed by atoms with E-state index in [4.69, 9.17) is 5.26 Å². The maximum absolute atomic E-state index is 10.8. The number of aryl methyl sites for hydroxylation is 1. The van der Waals surface area contributed by atoms with Crippen LogP contribution in [0.5, 0.6) is 0 Å². The Labute approximate surface area is 75.7 Å². The topological polar surface area (TPSA) is 88.6 Å². The highest BCUT2D eigenvalue weighted by Crippen LogP contribution is 1.94. The van der Waals surface area contributed by atoms with E-state index in [0.717, 1.165) is 6.26 Å². The molecule has 0 N–H and O–H groups in total. The molecule has 0 spiro atoms. The minimum atomic E-state index is -3.01. The molecule has 0 aliphatic heterocycles. The first kappa shape index (κ1) is 9.67. The van der Waals surface area contributed by atoms with Gasteiger partial charge in [0.25, 0.3) is 0 Å². The van der Waals surface area contributed by atoms with E-state index < -0.39 is 9.84 Å². The predicted molar refractivity (Wildman–Crippen MR) is 44.4 cm³/mol. The van der Waals surface area contributed by atoms with Crippen LogP contribution in [-0.4, -0.2) is 35.2 Å². The number of hydrogen-bond donors (Lipinski definition) is 0. The van der Waals surface area contributed by atoms with Crippen LogP contribution in [0.2, 0.25) is 0 Å².